The number of amides is 2. The minimum absolute atomic E-state index is 0.0785. The maximum absolute atomic E-state index is 14.2. The molecule has 214 valence electrons. The quantitative estimate of drug-likeness (QED) is 0.314. The summed E-state index contributed by atoms with van der Waals surface area (Å²) in [5.74, 6) is -0.792. The van der Waals surface area contributed by atoms with Crippen molar-refractivity contribution in [2.75, 3.05) is 17.1 Å². The third-order valence-electron chi connectivity index (χ3n) is 6.88. The summed E-state index contributed by atoms with van der Waals surface area (Å²) in [6.07, 6.45) is 2.07. The van der Waals surface area contributed by atoms with Crippen LogP contribution in [0.3, 0.4) is 0 Å². The number of sulfonamides is 1. The molecule has 0 fully saturated rings. The van der Waals surface area contributed by atoms with Gasteiger partial charge >= 0.3 is 0 Å². The maximum Gasteiger partial charge on any atom is 0.244 e. The first-order chi connectivity index (χ1) is 18.9. The van der Waals surface area contributed by atoms with Crippen LogP contribution in [0.25, 0.3) is 0 Å². The van der Waals surface area contributed by atoms with Crippen LogP contribution in [0.1, 0.15) is 42.5 Å². The molecule has 0 saturated carbocycles. The summed E-state index contributed by atoms with van der Waals surface area (Å²) in [6.45, 7) is 7.13. The lowest BCUT2D eigenvalue weighted by atomic mass is 10.0. The molecular weight excluding hydrogens is 546 g/mol. The van der Waals surface area contributed by atoms with Crippen molar-refractivity contribution < 1.29 is 18.0 Å². The van der Waals surface area contributed by atoms with Gasteiger partial charge in [-0.05, 0) is 61.6 Å². The summed E-state index contributed by atoms with van der Waals surface area (Å²) >= 11 is 6.26. The van der Waals surface area contributed by atoms with Crippen LogP contribution in [0, 0.1) is 13.8 Å². The molecule has 7 nitrogen and oxygen atoms in total. The van der Waals surface area contributed by atoms with Crippen LogP contribution in [0.2, 0.25) is 5.02 Å². The molecule has 1 N–H and O–H groups in total. The molecule has 0 aliphatic carbocycles. The van der Waals surface area contributed by atoms with E-state index < -0.39 is 28.5 Å². The zero-order valence-electron chi connectivity index (χ0n) is 23.7. The topological polar surface area (TPSA) is 86.8 Å². The molecule has 0 aromatic heterocycles. The Bertz CT molecular complexity index is 1410. The molecule has 2 atom stereocenters. The molecule has 3 aromatic rings. The Morgan fingerprint density at radius 2 is 1.52 bits per heavy atom. The standard InChI is InChI=1S/C31H38ClN3O4S/c1-6-24(4)33-31(37)28(19-25-14-8-7-9-15-25)34(20-26-16-11-17-27(32)18-26)29(36)21-35(40(5,38)39)30-22(2)12-10-13-23(30)3/h7-18,24,28H,6,19-21H2,1-5H3,(H,33,37). The highest BCUT2D eigenvalue weighted by atomic mass is 35.5. The lowest BCUT2D eigenvalue weighted by molar-refractivity contribution is -0.140. The fourth-order valence-corrected chi connectivity index (χ4v) is 5.78. The molecular formula is C31H38ClN3O4S. The Morgan fingerprint density at radius 3 is 2.10 bits per heavy atom. The van der Waals surface area contributed by atoms with E-state index in [1.807, 2.05) is 82.3 Å². The van der Waals surface area contributed by atoms with E-state index in [1.54, 1.807) is 18.2 Å². The number of carbonyl (C=O) groups is 2. The normalized spacial score (nSPS) is 12.8. The van der Waals surface area contributed by atoms with Crippen molar-refractivity contribution in [3.63, 3.8) is 0 Å². The second kappa shape index (κ2) is 13.8. The Hall–Kier alpha value is -3.36. The lowest BCUT2D eigenvalue weighted by Crippen LogP contribution is -2.54. The molecule has 2 amide bonds. The SMILES string of the molecule is CCC(C)NC(=O)C(Cc1ccccc1)N(Cc1cccc(Cl)c1)C(=O)CN(c1c(C)cccc1C)S(C)(=O)=O. The molecule has 0 aliphatic heterocycles. The first-order valence-corrected chi connectivity index (χ1v) is 15.6. The van der Waals surface area contributed by atoms with Gasteiger partial charge in [-0.1, -0.05) is 79.2 Å². The zero-order chi connectivity index (χ0) is 29.4. The van der Waals surface area contributed by atoms with E-state index in [1.165, 1.54) is 4.90 Å². The fourth-order valence-electron chi connectivity index (χ4n) is 4.60. The number of aryl methyl sites for hydroxylation is 2. The van der Waals surface area contributed by atoms with Crippen molar-refractivity contribution in [3.8, 4) is 0 Å². The van der Waals surface area contributed by atoms with Crippen molar-refractivity contribution in [1.82, 2.24) is 10.2 Å². The second-order valence-electron chi connectivity index (χ2n) is 10.2. The van der Waals surface area contributed by atoms with Crippen molar-refractivity contribution in [2.24, 2.45) is 0 Å². The van der Waals surface area contributed by atoms with E-state index in [2.05, 4.69) is 5.32 Å². The van der Waals surface area contributed by atoms with Crippen LogP contribution in [-0.2, 0) is 32.6 Å². The first-order valence-electron chi connectivity index (χ1n) is 13.3. The molecule has 0 aliphatic rings. The number of benzene rings is 3. The first kappa shape index (κ1) is 31.2. The van der Waals surface area contributed by atoms with Gasteiger partial charge in [-0.3, -0.25) is 13.9 Å². The Kier molecular flexibility index (Phi) is 10.8. The van der Waals surface area contributed by atoms with E-state index in [-0.39, 0.29) is 24.9 Å². The fraction of sp³-hybridized carbons (Fsp3) is 0.355. The summed E-state index contributed by atoms with van der Waals surface area (Å²) in [5, 5.41) is 3.53. The van der Waals surface area contributed by atoms with E-state index in [9.17, 15) is 18.0 Å². The zero-order valence-corrected chi connectivity index (χ0v) is 25.3. The number of hydrogen-bond acceptors (Lipinski definition) is 4. The van der Waals surface area contributed by atoms with E-state index in [0.29, 0.717) is 10.7 Å². The van der Waals surface area contributed by atoms with Gasteiger partial charge in [0.1, 0.15) is 12.6 Å². The second-order valence-corrected chi connectivity index (χ2v) is 12.5. The van der Waals surface area contributed by atoms with Gasteiger partial charge in [0.2, 0.25) is 21.8 Å². The number of anilines is 1. The Balaban J connectivity index is 2.10. The van der Waals surface area contributed by atoms with Gasteiger partial charge in [-0.15, -0.1) is 0 Å². The van der Waals surface area contributed by atoms with E-state index >= 15 is 0 Å². The minimum Gasteiger partial charge on any atom is -0.352 e. The highest BCUT2D eigenvalue weighted by Crippen LogP contribution is 2.27. The van der Waals surface area contributed by atoms with Gasteiger partial charge in [0.25, 0.3) is 0 Å². The summed E-state index contributed by atoms with van der Waals surface area (Å²) in [5.41, 5.74) is 3.54. The van der Waals surface area contributed by atoms with Crippen molar-refractivity contribution in [1.29, 1.82) is 0 Å². The van der Waals surface area contributed by atoms with Gasteiger partial charge in [-0.2, -0.15) is 0 Å². The largest absolute Gasteiger partial charge is 0.352 e. The molecule has 0 heterocycles. The average Bonchev–Trinajstić information content (AvgIpc) is 2.89. The summed E-state index contributed by atoms with van der Waals surface area (Å²) < 4.78 is 27.2. The van der Waals surface area contributed by atoms with Gasteiger partial charge in [-0.25, -0.2) is 8.42 Å². The number of carbonyl (C=O) groups excluding carboxylic acids is 2. The molecule has 0 spiro atoms. The predicted octanol–water partition coefficient (Wildman–Crippen LogP) is 5.28. The number of rotatable bonds is 12. The minimum atomic E-state index is -3.83. The van der Waals surface area contributed by atoms with Crippen molar-refractivity contribution in [3.05, 3.63) is 100 Å². The summed E-state index contributed by atoms with van der Waals surface area (Å²) in [6, 6.07) is 21.0. The third kappa shape index (κ3) is 8.32. The number of nitrogens with zero attached hydrogens (tertiary/aromatic N) is 2. The summed E-state index contributed by atoms with van der Waals surface area (Å²) in [4.78, 5) is 29.4. The molecule has 0 saturated heterocycles. The van der Waals surface area contributed by atoms with Crippen LogP contribution in [0.4, 0.5) is 5.69 Å². The molecule has 9 heteroatoms. The van der Waals surface area contributed by atoms with Crippen molar-refractivity contribution >= 4 is 39.1 Å². The number of hydrogen-bond donors (Lipinski definition) is 1. The highest BCUT2D eigenvalue weighted by Gasteiger charge is 2.34. The Labute approximate surface area is 243 Å². The molecule has 0 bridgehead atoms. The monoisotopic (exact) mass is 583 g/mol. The molecule has 3 rings (SSSR count). The predicted molar refractivity (Wildman–Crippen MR) is 162 cm³/mol. The van der Waals surface area contributed by atoms with Gasteiger partial charge < -0.3 is 10.2 Å². The van der Waals surface area contributed by atoms with Crippen LogP contribution in [-0.4, -0.2) is 50.0 Å². The summed E-state index contributed by atoms with van der Waals surface area (Å²) in [7, 11) is -3.83. The highest BCUT2D eigenvalue weighted by molar-refractivity contribution is 7.92. The van der Waals surface area contributed by atoms with Crippen LogP contribution in [0.15, 0.2) is 72.8 Å². The molecule has 0 radical (unpaired) electrons. The van der Waals surface area contributed by atoms with Gasteiger partial charge in [0.15, 0.2) is 0 Å². The molecule has 40 heavy (non-hydrogen) atoms. The number of nitrogens with one attached hydrogen (secondary N) is 1. The van der Waals surface area contributed by atoms with E-state index in [4.69, 9.17) is 11.6 Å². The van der Waals surface area contributed by atoms with Crippen molar-refractivity contribution in [2.45, 2.75) is 59.2 Å². The smallest absolute Gasteiger partial charge is 0.244 e. The maximum atomic E-state index is 14.2. The number of halogens is 1. The van der Waals surface area contributed by atoms with Gasteiger partial charge in [0, 0.05) is 24.0 Å². The van der Waals surface area contributed by atoms with Gasteiger partial charge in [0.05, 0.1) is 11.9 Å². The average molecular weight is 584 g/mol. The lowest BCUT2D eigenvalue weighted by Gasteiger charge is -2.34. The van der Waals surface area contributed by atoms with Crippen LogP contribution >= 0.6 is 11.6 Å². The number of para-hydroxylation sites is 1. The van der Waals surface area contributed by atoms with Crippen LogP contribution < -0.4 is 9.62 Å². The Morgan fingerprint density at radius 1 is 0.925 bits per heavy atom. The third-order valence-corrected chi connectivity index (χ3v) is 8.23. The van der Waals surface area contributed by atoms with E-state index in [0.717, 1.165) is 39.2 Å². The molecule has 3 aromatic carbocycles. The van der Waals surface area contributed by atoms with Crippen LogP contribution in [0.5, 0.6) is 0 Å². The molecule has 2 unspecified atom stereocenters.